The Balaban J connectivity index is 2.15. The van der Waals surface area contributed by atoms with Gasteiger partial charge in [0.25, 0.3) is 5.91 Å². The highest BCUT2D eigenvalue weighted by Crippen LogP contribution is 2.26. The smallest absolute Gasteiger partial charge is 0.265 e. The molecule has 114 valence electrons. The monoisotopic (exact) mass is 358 g/mol. The molecule has 2 N–H and O–H groups in total. The molecule has 0 radical (unpaired) electrons. The van der Waals surface area contributed by atoms with Crippen molar-refractivity contribution in [2.24, 2.45) is 0 Å². The van der Waals surface area contributed by atoms with Crippen LogP contribution in [0.25, 0.3) is 0 Å². The van der Waals surface area contributed by atoms with Crippen molar-refractivity contribution in [2.75, 3.05) is 0 Å². The van der Waals surface area contributed by atoms with Crippen molar-refractivity contribution in [3.05, 3.63) is 82.9 Å². The number of amides is 1. The summed E-state index contributed by atoms with van der Waals surface area (Å²) in [6.45, 7) is 5.84. The van der Waals surface area contributed by atoms with Gasteiger partial charge in [-0.15, -0.1) is 6.58 Å². The van der Waals surface area contributed by atoms with Gasteiger partial charge in [0.2, 0.25) is 0 Å². The minimum Gasteiger partial charge on any atom is -0.287 e. The zero-order valence-electron chi connectivity index (χ0n) is 12.5. The fourth-order valence-electron chi connectivity index (χ4n) is 2.22. The predicted octanol–water partition coefficient (Wildman–Crippen LogP) is 4.18. The van der Waals surface area contributed by atoms with E-state index >= 15 is 0 Å². The maximum Gasteiger partial charge on any atom is 0.265 e. The first kappa shape index (κ1) is 16.5. The predicted molar refractivity (Wildman–Crippen MR) is 93.4 cm³/mol. The molecule has 0 aliphatic carbocycles. The highest BCUT2D eigenvalue weighted by atomic mass is 79.9. The number of hydrogen-bond donors (Lipinski definition) is 2. The van der Waals surface area contributed by atoms with Crippen LogP contribution in [0, 0.1) is 0 Å². The summed E-state index contributed by atoms with van der Waals surface area (Å²) in [6.07, 6.45) is 2.51. The van der Waals surface area contributed by atoms with Crippen LogP contribution in [0.3, 0.4) is 0 Å². The van der Waals surface area contributed by atoms with Crippen molar-refractivity contribution < 1.29 is 4.79 Å². The van der Waals surface area contributed by atoms with Crippen molar-refractivity contribution in [1.82, 2.24) is 10.9 Å². The standard InChI is InChI=1S/C18H19BrN2O/c1-3-12-18(2,15-10-7-11-16(19)13-15)21-20-17(22)14-8-5-4-6-9-14/h3-11,13,21H,1,12H2,2H3,(H,20,22). The molecule has 0 spiro atoms. The first-order valence-electron chi connectivity index (χ1n) is 7.05. The molecule has 3 nitrogen and oxygen atoms in total. The third-order valence-corrected chi connectivity index (χ3v) is 4.00. The molecule has 0 saturated carbocycles. The Morgan fingerprint density at radius 1 is 1.23 bits per heavy atom. The Kier molecular flexibility index (Phi) is 5.52. The molecule has 0 bridgehead atoms. The zero-order valence-corrected chi connectivity index (χ0v) is 14.1. The molecule has 0 aromatic heterocycles. The Labute approximate surface area is 139 Å². The molecule has 2 aromatic rings. The number of carbonyl (C=O) groups excluding carboxylic acids is 1. The molecule has 1 amide bonds. The number of nitrogens with one attached hydrogen (secondary N) is 2. The fourth-order valence-corrected chi connectivity index (χ4v) is 2.62. The van der Waals surface area contributed by atoms with Gasteiger partial charge < -0.3 is 0 Å². The lowest BCUT2D eigenvalue weighted by atomic mass is 9.89. The van der Waals surface area contributed by atoms with Gasteiger partial charge in [-0.1, -0.05) is 52.3 Å². The van der Waals surface area contributed by atoms with Crippen LogP contribution in [0.5, 0.6) is 0 Å². The molecule has 0 heterocycles. The van der Waals surface area contributed by atoms with E-state index in [0.717, 1.165) is 10.0 Å². The molecule has 1 atom stereocenters. The van der Waals surface area contributed by atoms with Gasteiger partial charge in [0.05, 0.1) is 5.54 Å². The zero-order chi connectivity index (χ0) is 16.0. The number of carbonyl (C=O) groups is 1. The number of hydrogen-bond acceptors (Lipinski definition) is 2. The highest BCUT2D eigenvalue weighted by Gasteiger charge is 2.25. The summed E-state index contributed by atoms with van der Waals surface area (Å²) in [7, 11) is 0. The van der Waals surface area contributed by atoms with Gasteiger partial charge in [-0.2, -0.15) is 0 Å². The van der Waals surface area contributed by atoms with E-state index in [4.69, 9.17) is 0 Å². The number of benzene rings is 2. The molecule has 2 rings (SSSR count). The minimum absolute atomic E-state index is 0.161. The summed E-state index contributed by atoms with van der Waals surface area (Å²) in [4.78, 5) is 12.2. The third-order valence-electron chi connectivity index (χ3n) is 3.50. The summed E-state index contributed by atoms with van der Waals surface area (Å²) in [6, 6.07) is 17.1. The Hall–Kier alpha value is -1.91. The first-order chi connectivity index (χ1) is 10.5. The van der Waals surface area contributed by atoms with Crippen LogP contribution in [0.1, 0.15) is 29.3 Å². The summed E-state index contributed by atoms with van der Waals surface area (Å²) in [5, 5.41) is 0. The van der Waals surface area contributed by atoms with E-state index in [1.165, 1.54) is 0 Å². The van der Waals surface area contributed by atoms with Crippen LogP contribution in [-0.4, -0.2) is 5.91 Å². The summed E-state index contributed by atoms with van der Waals surface area (Å²) in [5.74, 6) is -0.161. The normalized spacial score (nSPS) is 13.2. The van der Waals surface area contributed by atoms with Gasteiger partial charge in [0.15, 0.2) is 0 Å². The van der Waals surface area contributed by atoms with Crippen molar-refractivity contribution in [1.29, 1.82) is 0 Å². The maximum absolute atomic E-state index is 12.2. The highest BCUT2D eigenvalue weighted by molar-refractivity contribution is 9.10. The second kappa shape index (κ2) is 7.38. The van der Waals surface area contributed by atoms with Crippen molar-refractivity contribution in [3.63, 3.8) is 0 Å². The topological polar surface area (TPSA) is 41.1 Å². The van der Waals surface area contributed by atoms with Crippen molar-refractivity contribution >= 4 is 21.8 Å². The van der Waals surface area contributed by atoms with E-state index in [9.17, 15) is 4.79 Å². The van der Waals surface area contributed by atoms with Crippen LogP contribution >= 0.6 is 15.9 Å². The minimum atomic E-state index is -0.435. The average Bonchev–Trinajstić information content (AvgIpc) is 2.54. The van der Waals surface area contributed by atoms with Gasteiger partial charge in [0.1, 0.15) is 0 Å². The SMILES string of the molecule is C=CCC(C)(NNC(=O)c1ccccc1)c1cccc(Br)c1. The van der Waals surface area contributed by atoms with E-state index < -0.39 is 5.54 Å². The van der Waals surface area contributed by atoms with Gasteiger partial charge in [-0.05, 0) is 43.2 Å². The van der Waals surface area contributed by atoms with Crippen LogP contribution < -0.4 is 10.9 Å². The van der Waals surface area contributed by atoms with Gasteiger partial charge in [-0.25, -0.2) is 5.43 Å². The molecule has 0 aliphatic heterocycles. The van der Waals surface area contributed by atoms with Crippen LogP contribution in [0.4, 0.5) is 0 Å². The second-order valence-corrected chi connectivity index (χ2v) is 6.20. The van der Waals surface area contributed by atoms with Crippen molar-refractivity contribution in [2.45, 2.75) is 18.9 Å². The fraction of sp³-hybridized carbons (Fsp3) is 0.167. The van der Waals surface area contributed by atoms with Gasteiger partial charge >= 0.3 is 0 Å². The quantitative estimate of drug-likeness (QED) is 0.600. The molecule has 0 saturated heterocycles. The number of hydrazine groups is 1. The van der Waals surface area contributed by atoms with E-state index in [1.54, 1.807) is 12.1 Å². The molecule has 2 aromatic carbocycles. The van der Waals surface area contributed by atoms with E-state index in [0.29, 0.717) is 12.0 Å². The summed E-state index contributed by atoms with van der Waals surface area (Å²) in [5.41, 5.74) is 7.18. The third kappa shape index (κ3) is 4.06. The van der Waals surface area contributed by atoms with Crippen molar-refractivity contribution in [3.8, 4) is 0 Å². The van der Waals surface area contributed by atoms with Crippen LogP contribution in [0.15, 0.2) is 71.7 Å². The first-order valence-corrected chi connectivity index (χ1v) is 7.84. The lowest BCUT2D eigenvalue weighted by molar-refractivity contribution is 0.0907. The maximum atomic E-state index is 12.2. The molecular formula is C18H19BrN2O. The van der Waals surface area contributed by atoms with Crippen LogP contribution in [-0.2, 0) is 5.54 Å². The molecule has 1 unspecified atom stereocenters. The van der Waals surface area contributed by atoms with Gasteiger partial charge in [0, 0.05) is 10.0 Å². The van der Waals surface area contributed by atoms with E-state index in [-0.39, 0.29) is 5.91 Å². The van der Waals surface area contributed by atoms with E-state index in [2.05, 4.69) is 33.4 Å². The van der Waals surface area contributed by atoms with Crippen LogP contribution in [0.2, 0.25) is 0 Å². The molecule has 0 aliphatic rings. The average molecular weight is 359 g/mol. The largest absolute Gasteiger partial charge is 0.287 e. The molecule has 0 fully saturated rings. The van der Waals surface area contributed by atoms with E-state index in [1.807, 2.05) is 55.5 Å². The number of halogens is 1. The second-order valence-electron chi connectivity index (χ2n) is 5.28. The lowest BCUT2D eigenvalue weighted by Gasteiger charge is -2.31. The Morgan fingerprint density at radius 2 is 1.95 bits per heavy atom. The van der Waals surface area contributed by atoms with Gasteiger partial charge in [-0.3, -0.25) is 10.2 Å². The number of rotatable bonds is 6. The molecule has 22 heavy (non-hydrogen) atoms. The molecule has 4 heteroatoms. The Bertz CT molecular complexity index is 657. The lowest BCUT2D eigenvalue weighted by Crippen LogP contribution is -2.50. The molecular weight excluding hydrogens is 340 g/mol. The summed E-state index contributed by atoms with van der Waals surface area (Å²) < 4.78 is 0.997. The summed E-state index contributed by atoms with van der Waals surface area (Å²) >= 11 is 3.48. The Morgan fingerprint density at radius 3 is 2.59 bits per heavy atom.